The summed E-state index contributed by atoms with van der Waals surface area (Å²) in [5.74, 6) is -10.4. The van der Waals surface area contributed by atoms with Crippen LogP contribution in [0.5, 0.6) is 0 Å². The second-order valence-corrected chi connectivity index (χ2v) is 3.84. The van der Waals surface area contributed by atoms with Crippen molar-refractivity contribution in [3.8, 4) is 0 Å². The molecule has 1 rings (SSSR count). The zero-order valence-corrected chi connectivity index (χ0v) is 9.55. The Bertz CT molecular complexity index is 421. The van der Waals surface area contributed by atoms with E-state index >= 15 is 0 Å². The summed E-state index contributed by atoms with van der Waals surface area (Å²) >= 11 is 0. The van der Waals surface area contributed by atoms with Crippen molar-refractivity contribution in [2.75, 3.05) is 6.54 Å². The van der Waals surface area contributed by atoms with Gasteiger partial charge in [0.05, 0.1) is 0 Å². The van der Waals surface area contributed by atoms with Crippen molar-refractivity contribution < 1.29 is 36.3 Å². The molecule has 1 heterocycles. The second kappa shape index (κ2) is 4.74. The lowest BCUT2D eigenvalue weighted by atomic mass is 10.1. The molecular weight excluding hydrogens is 279 g/mol. The van der Waals surface area contributed by atoms with Crippen LogP contribution in [0.25, 0.3) is 0 Å². The number of hydrogen-bond acceptors (Lipinski definition) is 3. The van der Waals surface area contributed by atoms with Gasteiger partial charge in [-0.2, -0.15) is 22.0 Å². The summed E-state index contributed by atoms with van der Waals surface area (Å²) in [5.41, 5.74) is 0. The molecule has 0 bridgehead atoms. The van der Waals surface area contributed by atoms with E-state index in [9.17, 15) is 36.3 Å². The number of amides is 3. The average molecular weight is 288 g/mol. The molecule has 1 N–H and O–H groups in total. The van der Waals surface area contributed by atoms with Gasteiger partial charge in [-0.3, -0.25) is 19.7 Å². The van der Waals surface area contributed by atoms with Gasteiger partial charge in [-0.15, -0.1) is 0 Å². The molecule has 19 heavy (non-hydrogen) atoms. The van der Waals surface area contributed by atoms with Crippen LogP contribution in [0.1, 0.15) is 13.3 Å². The lowest BCUT2D eigenvalue weighted by molar-refractivity contribution is -0.275. The maximum Gasteiger partial charge on any atom is 0.463 e. The number of nitrogens with one attached hydrogen (secondary N) is 1. The zero-order valence-electron chi connectivity index (χ0n) is 9.55. The molecule has 5 nitrogen and oxygen atoms in total. The van der Waals surface area contributed by atoms with Crippen molar-refractivity contribution in [2.45, 2.75) is 31.5 Å². The summed E-state index contributed by atoms with van der Waals surface area (Å²) in [7, 11) is 0. The minimum atomic E-state index is -6.08. The largest absolute Gasteiger partial charge is 0.463 e. The van der Waals surface area contributed by atoms with E-state index in [0.29, 0.717) is 0 Å². The lowest BCUT2D eigenvalue weighted by Crippen LogP contribution is -2.64. The molecule has 1 saturated heterocycles. The Kier molecular flexibility index (Phi) is 3.82. The highest BCUT2D eigenvalue weighted by Crippen LogP contribution is 2.37. The number of halogens is 5. The Balaban J connectivity index is 3.09. The van der Waals surface area contributed by atoms with E-state index in [1.54, 1.807) is 5.32 Å². The molecule has 1 unspecified atom stereocenters. The highest BCUT2D eigenvalue weighted by Gasteiger charge is 2.65. The van der Waals surface area contributed by atoms with Crippen molar-refractivity contribution >= 4 is 17.7 Å². The van der Waals surface area contributed by atoms with E-state index in [-0.39, 0.29) is 11.3 Å². The summed E-state index contributed by atoms with van der Waals surface area (Å²) in [6.45, 7) is 0.292. The number of imide groups is 1. The van der Waals surface area contributed by atoms with E-state index in [2.05, 4.69) is 0 Å². The topological polar surface area (TPSA) is 66.5 Å². The molecule has 1 aliphatic heterocycles. The Morgan fingerprint density at radius 1 is 1.32 bits per heavy atom. The number of alkyl halides is 5. The molecule has 3 amide bonds. The average Bonchev–Trinajstić information content (AvgIpc) is 2.25. The van der Waals surface area contributed by atoms with Gasteiger partial charge in [0, 0.05) is 0 Å². The third-order valence-corrected chi connectivity index (χ3v) is 2.53. The van der Waals surface area contributed by atoms with E-state index in [4.69, 9.17) is 0 Å². The maximum absolute atomic E-state index is 12.9. The molecule has 0 aromatic carbocycles. The first kappa shape index (κ1) is 15.3. The lowest BCUT2D eigenvalue weighted by Gasteiger charge is -2.35. The van der Waals surface area contributed by atoms with E-state index < -0.39 is 42.4 Å². The van der Waals surface area contributed by atoms with Crippen LogP contribution < -0.4 is 5.32 Å². The predicted octanol–water partition coefficient (Wildman–Crippen LogP) is 0.448. The molecule has 0 saturated carbocycles. The summed E-state index contributed by atoms with van der Waals surface area (Å²) in [5, 5.41) is 1.76. The van der Waals surface area contributed by atoms with Crippen LogP contribution in [0.4, 0.5) is 22.0 Å². The molecule has 1 fully saturated rings. The van der Waals surface area contributed by atoms with Gasteiger partial charge < -0.3 is 4.90 Å². The fourth-order valence-corrected chi connectivity index (χ4v) is 1.59. The number of rotatable bonds is 2. The SMILES string of the molecule is CCC1C(=O)NC(=O)CN1C(=O)C(F)(F)C(F)(F)F. The first-order chi connectivity index (χ1) is 8.52. The zero-order chi connectivity index (χ0) is 15.0. The van der Waals surface area contributed by atoms with Gasteiger partial charge in [0.1, 0.15) is 12.6 Å². The molecule has 108 valence electrons. The number of hydrogen-bond donors (Lipinski definition) is 1. The van der Waals surface area contributed by atoms with Gasteiger partial charge in [0.15, 0.2) is 0 Å². The molecule has 0 radical (unpaired) electrons. The third kappa shape index (κ3) is 2.66. The molecule has 1 aliphatic rings. The van der Waals surface area contributed by atoms with Crippen LogP contribution in [0.3, 0.4) is 0 Å². The summed E-state index contributed by atoms with van der Waals surface area (Å²) in [4.78, 5) is 33.5. The van der Waals surface area contributed by atoms with Crippen LogP contribution in [0.15, 0.2) is 0 Å². The molecule has 10 heteroatoms. The monoisotopic (exact) mass is 288 g/mol. The van der Waals surface area contributed by atoms with Crippen molar-refractivity contribution in [2.24, 2.45) is 0 Å². The van der Waals surface area contributed by atoms with E-state index in [1.165, 1.54) is 6.92 Å². The van der Waals surface area contributed by atoms with Crippen LogP contribution >= 0.6 is 0 Å². The van der Waals surface area contributed by atoms with Gasteiger partial charge >= 0.3 is 18.0 Å². The molecule has 0 aromatic rings. The number of nitrogens with zero attached hydrogens (tertiary/aromatic N) is 1. The minimum Gasteiger partial charge on any atom is -0.316 e. The fraction of sp³-hybridized carbons (Fsp3) is 0.667. The Hall–Kier alpha value is -1.74. The summed E-state index contributed by atoms with van der Waals surface area (Å²) in [6.07, 6.45) is -6.28. The quantitative estimate of drug-likeness (QED) is 0.592. The maximum atomic E-state index is 12.9. The molecule has 1 atom stereocenters. The van der Waals surface area contributed by atoms with Crippen LogP contribution in [-0.4, -0.2) is 47.3 Å². The van der Waals surface area contributed by atoms with Gasteiger partial charge in [-0.25, -0.2) is 0 Å². The normalized spacial score (nSPS) is 21.4. The molecular formula is C9H9F5N2O3. The van der Waals surface area contributed by atoms with Gasteiger partial charge in [-0.1, -0.05) is 6.92 Å². The highest BCUT2D eigenvalue weighted by molar-refractivity contribution is 6.05. The number of carbonyl (C=O) groups is 3. The fourth-order valence-electron chi connectivity index (χ4n) is 1.59. The Morgan fingerprint density at radius 2 is 1.84 bits per heavy atom. The second-order valence-electron chi connectivity index (χ2n) is 3.84. The standard InChI is InChI=1S/C9H9F5N2O3/c1-2-4-6(18)15-5(17)3-16(4)7(19)8(10,11)9(12,13)14/h4H,2-3H2,1H3,(H,15,17,18). The molecule has 0 aliphatic carbocycles. The first-order valence-corrected chi connectivity index (χ1v) is 5.11. The van der Waals surface area contributed by atoms with Crippen molar-refractivity contribution in [3.63, 3.8) is 0 Å². The van der Waals surface area contributed by atoms with Crippen molar-refractivity contribution in [1.29, 1.82) is 0 Å². The van der Waals surface area contributed by atoms with E-state index in [1.807, 2.05) is 0 Å². The van der Waals surface area contributed by atoms with Crippen LogP contribution in [0, 0.1) is 0 Å². The number of carbonyl (C=O) groups excluding carboxylic acids is 3. The minimum absolute atomic E-state index is 0.0470. The highest BCUT2D eigenvalue weighted by atomic mass is 19.4. The van der Waals surface area contributed by atoms with Crippen LogP contribution in [0.2, 0.25) is 0 Å². The van der Waals surface area contributed by atoms with E-state index in [0.717, 1.165) is 0 Å². The van der Waals surface area contributed by atoms with Gasteiger partial charge in [0.25, 0.3) is 0 Å². The van der Waals surface area contributed by atoms with Crippen molar-refractivity contribution in [3.05, 3.63) is 0 Å². The number of piperazine rings is 1. The Morgan fingerprint density at radius 3 is 2.26 bits per heavy atom. The Labute approximate surface area is 103 Å². The first-order valence-electron chi connectivity index (χ1n) is 5.11. The summed E-state index contributed by atoms with van der Waals surface area (Å²) < 4.78 is 62.1. The predicted molar refractivity (Wildman–Crippen MR) is 49.9 cm³/mol. The van der Waals surface area contributed by atoms with Gasteiger partial charge in [0.2, 0.25) is 11.8 Å². The van der Waals surface area contributed by atoms with Crippen LogP contribution in [-0.2, 0) is 14.4 Å². The summed E-state index contributed by atoms with van der Waals surface area (Å²) in [6, 6.07) is -1.53. The molecule has 0 spiro atoms. The smallest absolute Gasteiger partial charge is 0.316 e. The van der Waals surface area contributed by atoms with Gasteiger partial charge in [-0.05, 0) is 6.42 Å². The third-order valence-electron chi connectivity index (χ3n) is 2.53. The molecule has 0 aromatic heterocycles. The van der Waals surface area contributed by atoms with Crippen molar-refractivity contribution in [1.82, 2.24) is 10.2 Å².